The molecule has 0 aromatic heterocycles. The number of rotatable bonds is 3. The minimum atomic E-state index is 0.130. The van der Waals surface area contributed by atoms with E-state index in [0.717, 1.165) is 14.6 Å². The van der Waals surface area contributed by atoms with Crippen LogP contribution >= 0.6 is 31.9 Å². The van der Waals surface area contributed by atoms with Crippen LogP contribution in [0.1, 0.15) is 24.1 Å². The Morgan fingerprint density at radius 3 is 2.53 bits per heavy atom. The van der Waals surface area contributed by atoms with Crippen molar-refractivity contribution in [2.45, 2.75) is 13.0 Å². The van der Waals surface area contributed by atoms with Gasteiger partial charge in [-0.2, -0.15) is 5.26 Å². The first kappa shape index (κ1) is 14.1. The van der Waals surface area contributed by atoms with E-state index in [1.165, 1.54) is 5.56 Å². The topological polar surface area (TPSA) is 35.8 Å². The molecule has 0 heterocycles. The molecule has 0 aliphatic heterocycles. The average Bonchev–Trinajstić information content (AvgIpc) is 2.40. The summed E-state index contributed by atoms with van der Waals surface area (Å²) in [7, 11) is 0. The van der Waals surface area contributed by atoms with Crippen molar-refractivity contribution in [1.82, 2.24) is 0 Å². The van der Waals surface area contributed by atoms with Gasteiger partial charge in [0.05, 0.1) is 11.3 Å². The molecular weight excluding hydrogens is 368 g/mol. The smallest absolute Gasteiger partial charge is 0.101 e. The second-order valence-electron chi connectivity index (χ2n) is 4.22. The van der Waals surface area contributed by atoms with Crippen LogP contribution < -0.4 is 5.32 Å². The van der Waals surface area contributed by atoms with Crippen molar-refractivity contribution >= 4 is 37.5 Å². The van der Waals surface area contributed by atoms with Gasteiger partial charge in [0.1, 0.15) is 6.07 Å². The van der Waals surface area contributed by atoms with E-state index in [1.807, 2.05) is 30.3 Å². The molecule has 0 radical (unpaired) electrons. The predicted molar refractivity (Wildman–Crippen MR) is 85.0 cm³/mol. The zero-order valence-corrected chi connectivity index (χ0v) is 13.5. The number of hydrogen-bond acceptors (Lipinski definition) is 2. The van der Waals surface area contributed by atoms with E-state index in [4.69, 9.17) is 5.26 Å². The Kier molecular flexibility index (Phi) is 4.62. The standard InChI is InChI=1S/C15H12Br2N2/c1-10(11-3-2-4-13(16)7-11)19-15-6-5-14(17)8-12(15)9-18/h2-8,10,19H,1H3. The minimum Gasteiger partial charge on any atom is -0.377 e. The number of nitrogens with one attached hydrogen (secondary N) is 1. The van der Waals surface area contributed by atoms with E-state index in [1.54, 1.807) is 0 Å². The fourth-order valence-electron chi connectivity index (χ4n) is 1.83. The van der Waals surface area contributed by atoms with E-state index < -0.39 is 0 Å². The molecular formula is C15H12Br2N2. The number of nitriles is 1. The van der Waals surface area contributed by atoms with E-state index in [-0.39, 0.29) is 6.04 Å². The van der Waals surface area contributed by atoms with E-state index >= 15 is 0 Å². The van der Waals surface area contributed by atoms with Crippen LogP contribution in [0.5, 0.6) is 0 Å². The van der Waals surface area contributed by atoms with Crippen LogP contribution in [-0.2, 0) is 0 Å². The molecule has 96 valence electrons. The van der Waals surface area contributed by atoms with Gasteiger partial charge in [-0.05, 0) is 42.8 Å². The Bertz CT molecular complexity index is 632. The van der Waals surface area contributed by atoms with Crippen LogP contribution in [0.2, 0.25) is 0 Å². The average molecular weight is 380 g/mol. The molecule has 4 heteroatoms. The molecule has 2 nitrogen and oxygen atoms in total. The van der Waals surface area contributed by atoms with Gasteiger partial charge in [-0.25, -0.2) is 0 Å². The normalized spacial score (nSPS) is 11.7. The van der Waals surface area contributed by atoms with Crippen molar-refractivity contribution in [2.24, 2.45) is 0 Å². The molecule has 2 rings (SSSR count). The van der Waals surface area contributed by atoms with Crippen LogP contribution in [0.15, 0.2) is 51.4 Å². The molecule has 2 aromatic rings. The maximum absolute atomic E-state index is 9.15. The van der Waals surface area contributed by atoms with Gasteiger partial charge in [0.2, 0.25) is 0 Å². The van der Waals surface area contributed by atoms with Gasteiger partial charge >= 0.3 is 0 Å². The summed E-state index contributed by atoms with van der Waals surface area (Å²) in [6.07, 6.45) is 0. The summed E-state index contributed by atoms with van der Waals surface area (Å²) < 4.78 is 1.96. The maximum atomic E-state index is 9.15. The van der Waals surface area contributed by atoms with Gasteiger partial charge in [-0.1, -0.05) is 44.0 Å². The zero-order valence-electron chi connectivity index (χ0n) is 10.3. The second kappa shape index (κ2) is 6.23. The molecule has 0 saturated carbocycles. The van der Waals surface area contributed by atoms with Crippen LogP contribution in [0.3, 0.4) is 0 Å². The fraction of sp³-hybridized carbons (Fsp3) is 0.133. The van der Waals surface area contributed by atoms with Crippen LogP contribution in [0.4, 0.5) is 5.69 Å². The monoisotopic (exact) mass is 378 g/mol. The fourth-order valence-corrected chi connectivity index (χ4v) is 2.61. The molecule has 1 N–H and O–H groups in total. The molecule has 1 unspecified atom stereocenters. The Hall–Kier alpha value is -1.31. The molecule has 2 aromatic carbocycles. The molecule has 0 bridgehead atoms. The van der Waals surface area contributed by atoms with Gasteiger partial charge in [-0.15, -0.1) is 0 Å². The number of benzene rings is 2. The number of hydrogen-bond donors (Lipinski definition) is 1. The molecule has 19 heavy (non-hydrogen) atoms. The quantitative estimate of drug-likeness (QED) is 0.789. The van der Waals surface area contributed by atoms with E-state index in [2.05, 4.69) is 62.3 Å². The number of nitrogens with zero attached hydrogens (tertiary/aromatic N) is 1. The Morgan fingerprint density at radius 2 is 1.84 bits per heavy atom. The third kappa shape index (κ3) is 3.59. The van der Waals surface area contributed by atoms with Gasteiger partial charge in [0, 0.05) is 15.0 Å². The zero-order chi connectivity index (χ0) is 13.8. The van der Waals surface area contributed by atoms with Crippen molar-refractivity contribution in [3.05, 3.63) is 62.5 Å². The first-order valence-electron chi connectivity index (χ1n) is 5.82. The summed E-state index contributed by atoms with van der Waals surface area (Å²) in [4.78, 5) is 0. The molecule has 0 spiro atoms. The summed E-state index contributed by atoms with van der Waals surface area (Å²) in [5.74, 6) is 0. The van der Waals surface area contributed by atoms with Crippen LogP contribution in [0.25, 0.3) is 0 Å². The highest BCUT2D eigenvalue weighted by atomic mass is 79.9. The lowest BCUT2D eigenvalue weighted by Crippen LogP contribution is -2.07. The molecule has 1 atom stereocenters. The Labute approximate surface area is 129 Å². The Morgan fingerprint density at radius 1 is 1.11 bits per heavy atom. The van der Waals surface area contributed by atoms with Gasteiger partial charge in [0.15, 0.2) is 0 Å². The predicted octanol–water partition coefficient (Wildman–Crippen LogP) is 5.26. The first-order chi connectivity index (χ1) is 9.10. The SMILES string of the molecule is CC(Nc1ccc(Br)cc1C#N)c1cccc(Br)c1. The third-order valence-corrected chi connectivity index (χ3v) is 3.81. The van der Waals surface area contributed by atoms with Crippen molar-refractivity contribution in [3.63, 3.8) is 0 Å². The second-order valence-corrected chi connectivity index (χ2v) is 6.05. The molecule has 0 saturated heterocycles. The molecule has 0 amide bonds. The highest BCUT2D eigenvalue weighted by Gasteiger charge is 2.09. The highest BCUT2D eigenvalue weighted by Crippen LogP contribution is 2.26. The van der Waals surface area contributed by atoms with Crippen LogP contribution in [-0.4, -0.2) is 0 Å². The minimum absolute atomic E-state index is 0.130. The van der Waals surface area contributed by atoms with Crippen molar-refractivity contribution in [3.8, 4) is 6.07 Å². The van der Waals surface area contributed by atoms with Crippen LogP contribution in [0, 0.1) is 11.3 Å². The summed E-state index contributed by atoms with van der Waals surface area (Å²) >= 11 is 6.84. The largest absolute Gasteiger partial charge is 0.377 e. The summed E-state index contributed by atoms with van der Waals surface area (Å²) in [5, 5.41) is 12.5. The highest BCUT2D eigenvalue weighted by molar-refractivity contribution is 9.10. The molecule has 0 aliphatic rings. The lowest BCUT2D eigenvalue weighted by molar-refractivity contribution is 0.883. The summed E-state index contributed by atoms with van der Waals surface area (Å²) in [5.41, 5.74) is 2.65. The number of anilines is 1. The van der Waals surface area contributed by atoms with Gasteiger partial charge < -0.3 is 5.32 Å². The first-order valence-corrected chi connectivity index (χ1v) is 7.40. The van der Waals surface area contributed by atoms with E-state index in [9.17, 15) is 0 Å². The Balaban J connectivity index is 2.24. The summed E-state index contributed by atoms with van der Waals surface area (Å²) in [6.45, 7) is 2.07. The van der Waals surface area contributed by atoms with Gasteiger partial charge in [-0.3, -0.25) is 0 Å². The number of halogens is 2. The van der Waals surface area contributed by atoms with Crippen molar-refractivity contribution in [2.75, 3.05) is 5.32 Å². The van der Waals surface area contributed by atoms with E-state index in [0.29, 0.717) is 5.56 Å². The maximum Gasteiger partial charge on any atom is 0.101 e. The van der Waals surface area contributed by atoms with Crippen molar-refractivity contribution in [1.29, 1.82) is 5.26 Å². The third-order valence-electron chi connectivity index (χ3n) is 2.82. The van der Waals surface area contributed by atoms with Gasteiger partial charge in [0.25, 0.3) is 0 Å². The van der Waals surface area contributed by atoms with Crippen molar-refractivity contribution < 1.29 is 0 Å². The molecule has 0 aliphatic carbocycles. The lowest BCUT2D eigenvalue weighted by atomic mass is 10.1. The summed E-state index contributed by atoms with van der Waals surface area (Å²) in [6, 6.07) is 16.1. The lowest BCUT2D eigenvalue weighted by Gasteiger charge is -2.17. The molecule has 0 fully saturated rings.